The molecule has 1 aromatic carbocycles. The van der Waals surface area contributed by atoms with Gasteiger partial charge in [0.2, 0.25) is 0 Å². The van der Waals surface area contributed by atoms with Crippen molar-refractivity contribution >= 4 is 11.4 Å². The second-order valence-electron chi connectivity index (χ2n) is 5.65. The molecule has 1 aliphatic rings. The standard InChI is InChI=1S/C15H23N3O3/c1-17(9-10-19)8-2-3-13-5-4-12-11-14(18(20)21)6-7-15(12)16-13/h6-7,11,13,16,19H,2-5,8-10H2,1H3. The number of benzene rings is 1. The first kappa shape index (κ1) is 15.7. The molecule has 6 heteroatoms. The third-order valence-electron chi connectivity index (χ3n) is 4.00. The number of nitrogens with zero attached hydrogens (tertiary/aromatic N) is 2. The van der Waals surface area contributed by atoms with Crippen LogP contribution in [0.15, 0.2) is 18.2 Å². The number of anilines is 1. The molecule has 1 atom stereocenters. The van der Waals surface area contributed by atoms with E-state index >= 15 is 0 Å². The largest absolute Gasteiger partial charge is 0.395 e. The van der Waals surface area contributed by atoms with Gasteiger partial charge in [-0.15, -0.1) is 0 Å². The molecule has 1 heterocycles. The fourth-order valence-corrected chi connectivity index (χ4v) is 2.77. The fourth-order valence-electron chi connectivity index (χ4n) is 2.77. The van der Waals surface area contributed by atoms with Gasteiger partial charge in [-0.05, 0) is 50.9 Å². The lowest BCUT2D eigenvalue weighted by Crippen LogP contribution is -2.28. The van der Waals surface area contributed by atoms with E-state index in [9.17, 15) is 10.1 Å². The van der Waals surface area contributed by atoms with Crippen LogP contribution in [0.3, 0.4) is 0 Å². The summed E-state index contributed by atoms with van der Waals surface area (Å²) in [5.41, 5.74) is 2.23. The van der Waals surface area contributed by atoms with Gasteiger partial charge >= 0.3 is 0 Å². The molecule has 116 valence electrons. The smallest absolute Gasteiger partial charge is 0.269 e. The van der Waals surface area contributed by atoms with Crippen molar-refractivity contribution in [2.24, 2.45) is 0 Å². The second kappa shape index (κ2) is 7.38. The van der Waals surface area contributed by atoms with E-state index in [1.54, 1.807) is 12.1 Å². The predicted octanol–water partition coefficient (Wildman–Crippen LogP) is 2.03. The van der Waals surface area contributed by atoms with E-state index in [0.717, 1.165) is 43.5 Å². The first-order valence-electron chi connectivity index (χ1n) is 7.43. The Hall–Kier alpha value is -1.66. The first-order valence-corrected chi connectivity index (χ1v) is 7.43. The van der Waals surface area contributed by atoms with E-state index in [4.69, 9.17) is 5.11 Å². The molecule has 1 unspecified atom stereocenters. The summed E-state index contributed by atoms with van der Waals surface area (Å²) in [7, 11) is 2.01. The SMILES string of the molecule is CN(CCO)CCCC1CCc2cc([N+](=O)[O-])ccc2N1. The van der Waals surface area contributed by atoms with Crippen LogP contribution in [0.4, 0.5) is 11.4 Å². The number of hydrogen-bond donors (Lipinski definition) is 2. The Morgan fingerprint density at radius 1 is 1.48 bits per heavy atom. The maximum atomic E-state index is 10.8. The summed E-state index contributed by atoms with van der Waals surface area (Å²) in [4.78, 5) is 12.6. The molecule has 0 fully saturated rings. The Balaban J connectivity index is 1.84. The minimum absolute atomic E-state index is 0.166. The molecule has 6 nitrogen and oxygen atoms in total. The summed E-state index contributed by atoms with van der Waals surface area (Å²) in [5.74, 6) is 0. The van der Waals surface area contributed by atoms with Gasteiger partial charge in [0.25, 0.3) is 5.69 Å². The first-order chi connectivity index (χ1) is 10.1. The van der Waals surface area contributed by atoms with Crippen molar-refractivity contribution in [3.63, 3.8) is 0 Å². The van der Waals surface area contributed by atoms with Gasteiger partial charge in [-0.3, -0.25) is 10.1 Å². The fraction of sp³-hybridized carbons (Fsp3) is 0.600. The molecule has 2 rings (SSSR count). The second-order valence-corrected chi connectivity index (χ2v) is 5.65. The van der Waals surface area contributed by atoms with Crippen LogP contribution < -0.4 is 5.32 Å². The van der Waals surface area contributed by atoms with Gasteiger partial charge in [-0.25, -0.2) is 0 Å². The minimum atomic E-state index is -0.344. The zero-order valence-electron chi connectivity index (χ0n) is 12.4. The third kappa shape index (κ3) is 4.41. The van der Waals surface area contributed by atoms with E-state index in [-0.39, 0.29) is 17.2 Å². The van der Waals surface area contributed by atoms with Crippen LogP contribution in [0.2, 0.25) is 0 Å². The number of hydrogen-bond acceptors (Lipinski definition) is 5. The molecular weight excluding hydrogens is 270 g/mol. The van der Waals surface area contributed by atoms with Gasteiger partial charge in [0, 0.05) is 30.4 Å². The quantitative estimate of drug-likeness (QED) is 0.594. The molecule has 0 aromatic heterocycles. The van der Waals surface area contributed by atoms with Crippen molar-refractivity contribution in [3.8, 4) is 0 Å². The number of nitro benzene ring substituents is 1. The number of nitrogens with one attached hydrogen (secondary N) is 1. The van der Waals surface area contributed by atoms with Gasteiger partial charge < -0.3 is 15.3 Å². The average molecular weight is 293 g/mol. The van der Waals surface area contributed by atoms with Crippen molar-refractivity contribution in [1.29, 1.82) is 0 Å². The Labute approximate surface area is 124 Å². The highest BCUT2D eigenvalue weighted by atomic mass is 16.6. The number of aryl methyl sites for hydroxylation is 1. The van der Waals surface area contributed by atoms with E-state index in [2.05, 4.69) is 10.2 Å². The van der Waals surface area contributed by atoms with Crippen molar-refractivity contribution in [1.82, 2.24) is 4.90 Å². The summed E-state index contributed by atoms with van der Waals surface area (Å²) < 4.78 is 0. The summed E-state index contributed by atoms with van der Waals surface area (Å²) in [6, 6.07) is 5.48. The van der Waals surface area contributed by atoms with Crippen LogP contribution in [0.5, 0.6) is 0 Å². The van der Waals surface area contributed by atoms with Crippen LogP contribution in [-0.2, 0) is 6.42 Å². The third-order valence-corrected chi connectivity index (χ3v) is 4.00. The van der Waals surface area contributed by atoms with E-state index in [0.29, 0.717) is 12.6 Å². The van der Waals surface area contributed by atoms with Gasteiger partial charge in [0.15, 0.2) is 0 Å². The number of rotatable bonds is 7. The number of nitro groups is 1. The summed E-state index contributed by atoms with van der Waals surface area (Å²) in [6.07, 6.45) is 4.06. The molecule has 0 saturated carbocycles. The van der Waals surface area contributed by atoms with Gasteiger partial charge in [0.1, 0.15) is 0 Å². The lowest BCUT2D eigenvalue weighted by molar-refractivity contribution is -0.384. The molecular formula is C15H23N3O3. The maximum Gasteiger partial charge on any atom is 0.269 e. The van der Waals surface area contributed by atoms with E-state index < -0.39 is 0 Å². The molecule has 0 spiro atoms. The van der Waals surface area contributed by atoms with E-state index in [1.165, 1.54) is 0 Å². The highest BCUT2D eigenvalue weighted by Crippen LogP contribution is 2.29. The van der Waals surface area contributed by atoms with Crippen LogP contribution >= 0.6 is 0 Å². The Kier molecular flexibility index (Phi) is 5.52. The monoisotopic (exact) mass is 293 g/mol. The van der Waals surface area contributed by atoms with Crippen LogP contribution in [0, 0.1) is 10.1 Å². The number of likely N-dealkylation sites (N-methyl/N-ethyl adjacent to an activating group) is 1. The Morgan fingerprint density at radius 2 is 2.29 bits per heavy atom. The lowest BCUT2D eigenvalue weighted by Gasteiger charge is -2.27. The predicted molar refractivity (Wildman–Crippen MR) is 82.6 cm³/mol. The molecule has 0 radical (unpaired) electrons. The molecule has 1 aliphatic heterocycles. The molecule has 0 bridgehead atoms. The van der Waals surface area contributed by atoms with Crippen molar-refractivity contribution in [3.05, 3.63) is 33.9 Å². The number of fused-ring (bicyclic) bond motifs is 1. The number of aliphatic hydroxyl groups is 1. The molecule has 1 aromatic rings. The molecule has 0 amide bonds. The zero-order chi connectivity index (χ0) is 15.2. The van der Waals surface area contributed by atoms with Gasteiger partial charge in [0.05, 0.1) is 11.5 Å². The topological polar surface area (TPSA) is 78.6 Å². The van der Waals surface area contributed by atoms with Gasteiger partial charge in [-0.1, -0.05) is 0 Å². The maximum absolute atomic E-state index is 10.8. The van der Waals surface area contributed by atoms with E-state index in [1.807, 2.05) is 13.1 Å². The summed E-state index contributed by atoms with van der Waals surface area (Å²) >= 11 is 0. The van der Waals surface area contributed by atoms with Gasteiger partial charge in [-0.2, -0.15) is 0 Å². The van der Waals surface area contributed by atoms with Crippen molar-refractivity contribution < 1.29 is 10.0 Å². The van der Waals surface area contributed by atoms with Crippen LogP contribution in [-0.4, -0.2) is 47.7 Å². The highest BCUT2D eigenvalue weighted by molar-refractivity contribution is 5.58. The number of non-ortho nitro benzene ring substituents is 1. The minimum Gasteiger partial charge on any atom is -0.395 e. The normalized spacial score (nSPS) is 17.4. The van der Waals surface area contributed by atoms with Crippen LogP contribution in [0.25, 0.3) is 0 Å². The lowest BCUT2D eigenvalue weighted by atomic mass is 9.95. The summed E-state index contributed by atoms with van der Waals surface area (Å²) in [5, 5.41) is 23.1. The van der Waals surface area contributed by atoms with Crippen LogP contribution in [0.1, 0.15) is 24.8 Å². The Bertz CT molecular complexity index is 493. The molecule has 21 heavy (non-hydrogen) atoms. The Morgan fingerprint density at radius 3 is 3.00 bits per heavy atom. The highest BCUT2D eigenvalue weighted by Gasteiger charge is 2.19. The van der Waals surface area contributed by atoms with Crippen molar-refractivity contribution in [2.75, 3.05) is 32.1 Å². The summed E-state index contributed by atoms with van der Waals surface area (Å²) in [6.45, 7) is 1.89. The van der Waals surface area contributed by atoms with Crippen molar-refractivity contribution in [2.45, 2.75) is 31.7 Å². The number of aliphatic hydroxyl groups excluding tert-OH is 1. The molecule has 0 saturated heterocycles. The molecule has 0 aliphatic carbocycles. The molecule has 2 N–H and O–H groups in total. The average Bonchev–Trinajstić information content (AvgIpc) is 2.46. The zero-order valence-corrected chi connectivity index (χ0v) is 12.4.